The maximum atomic E-state index is 6.09. The lowest BCUT2D eigenvalue weighted by molar-refractivity contribution is 0.0490. The number of methoxy groups -OCH3 is 2. The fraction of sp³-hybridized carbons (Fsp3) is 0.636. The summed E-state index contributed by atoms with van der Waals surface area (Å²) in [5, 5.41) is 0. The minimum absolute atomic E-state index is 0.120. The van der Waals surface area contributed by atoms with E-state index in [4.69, 9.17) is 18.9 Å². The van der Waals surface area contributed by atoms with Crippen LogP contribution in [0.25, 0.3) is 11.1 Å². The van der Waals surface area contributed by atoms with Crippen LogP contribution in [0, 0.1) is 0 Å². The predicted molar refractivity (Wildman–Crippen MR) is 154 cm³/mol. The summed E-state index contributed by atoms with van der Waals surface area (Å²) in [7, 11) is 3.44. The normalized spacial score (nSPS) is 14.6. The van der Waals surface area contributed by atoms with Crippen molar-refractivity contribution < 1.29 is 18.9 Å². The SMILES string of the molecule is CCC(C)(C)c1ccc2c(c1)C(CCOCCOC)(CCOCCOC)c1cc(C(C)(C)CC)ccc1-2. The molecule has 2 aromatic rings. The monoisotopic (exact) mass is 510 g/mol. The fourth-order valence-corrected chi connectivity index (χ4v) is 5.39. The van der Waals surface area contributed by atoms with Gasteiger partial charge in [0.05, 0.1) is 26.4 Å². The molecule has 0 bridgehead atoms. The molecule has 206 valence electrons. The molecule has 0 amide bonds. The average Bonchev–Trinajstić information content (AvgIpc) is 3.17. The molecule has 0 fully saturated rings. The van der Waals surface area contributed by atoms with Gasteiger partial charge >= 0.3 is 0 Å². The number of hydrogen-bond donors (Lipinski definition) is 0. The van der Waals surface area contributed by atoms with E-state index in [-0.39, 0.29) is 16.2 Å². The quantitative estimate of drug-likeness (QED) is 0.220. The summed E-state index contributed by atoms with van der Waals surface area (Å²) in [6.07, 6.45) is 4.02. The van der Waals surface area contributed by atoms with Crippen LogP contribution >= 0.6 is 0 Å². The van der Waals surface area contributed by atoms with Gasteiger partial charge in [0.1, 0.15) is 0 Å². The molecule has 0 atom stereocenters. The van der Waals surface area contributed by atoms with Gasteiger partial charge in [-0.05, 0) is 69.9 Å². The van der Waals surface area contributed by atoms with Crippen molar-refractivity contribution in [3.8, 4) is 11.1 Å². The summed E-state index contributed by atoms with van der Waals surface area (Å²) in [6.45, 7) is 17.8. The Hall–Kier alpha value is -1.72. The third kappa shape index (κ3) is 6.47. The maximum absolute atomic E-state index is 6.09. The molecule has 1 aliphatic rings. The van der Waals surface area contributed by atoms with Crippen molar-refractivity contribution in [1.82, 2.24) is 0 Å². The van der Waals surface area contributed by atoms with Crippen LogP contribution in [-0.4, -0.2) is 53.9 Å². The van der Waals surface area contributed by atoms with Gasteiger partial charge in [-0.2, -0.15) is 0 Å². The number of rotatable bonds is 16. The summed E-state index contributed by atoms with van der Waals surface area (Å²) in [5.41, 5.74) is 8.47. The second-order valence-corrected chi connectivity index (χ2v) is 11.8. The van der Waals surface area contributed by atoms with Crippen LogP contribution in [0.1, 0.15) is 89.5 Å². The van der Waals surface area contributed by atoms with Gasteiger partial charge in [0, 0.05) is 32.8 Å². The van der Waals surface area contributed by atoms with E-state index in [1.54, 1.807) is 14.2 Å². The van der Waals surface area contributed by atoms with Crippen LogP contribution in [0.2, 0.25) is 0 Å². The van der Waals surface area contributed by atoms with Crippen LogP contribution < -0.4 is 0 Å². The molecule has 0 heterocycles. The van der Waals surface area contributed by atoms with Gasteiger partial charge in [-0.3, -0.25) is 0 Å². The second kappa shape index (κ2) is 12.9. The van der Waals surface area contributed by atoms with Gasteiger partial charge in [-0.1, -0.05) is 77.9 Å². The minimum Gasteiger partial charge on any atom is -0.382 e. The maximum Gasteiger partial charge on any atom is 0.0700 e. The first-order valence-corrected chi connectivity index (χ1v) is 14.1. The van der Waals surface area contributed by atoms with E-state index in [1.807, 2.05) is 0 Å². The van der Waals surface area contributed by atoms with Crippen molar-refractivity contribution in [3.05, 3.63) is 58.7 Å². The van der Waals surface area contributed by atoms with Crippen molar-refractivity contribution in [3.63, 3.8) is 0 Å². The van der Waals surface area contributed by atoms with E-state index in [1.165, 1.54) is 33.4 Å². The Labute approximate surface area is 226 Å². The summed E-state index contributed by atoms with van der Waals surface area (Å²) >= 11 is 0. The first-order chi connectivity index (χ1) is 17.7. The predicted octanol–water partition coefficient (Wildman–Crippen LogP) is 7.43. The Balaban J connectivity index is 2.14. The highest BCUT2D eigenvalue weighted by Crippen LogP contribution is 2.54. The van der Waals surface area contributed by atoms with Crippen molar-refractivity contribution in [2.24, 2.45) is 0 Å². The minimum atomic E-state index is -0.162. The van der Waals surface area contributed by atoms with Crippen molar-refractivity contribution in [2.75, 3.05) is 53.9 Å². The molecule has 0 spiro atoms. The molecule has 0 N–H and O–H groups in total. The van der Waals surface area contributed by atoms with Gasteiger partial charge in [-0.15, -0.1) is 0 Å². The lowest BCUT2D eigenvalue weighted by Crippen LogP contribution is -2.31. The van der Waals surface area contributed by atoms with E-state index in [2.05, 4.69) is 77.9 Å². The van der Waals surface area contributed by atoms with Gasteiger partial charge in [0.25, 0.3) is 0 Å². The van der Waals surface area contributed by atoms with E-state index in [0.29, 0.717) is 39.6 Å². The zero-order valence-electron chi connectivity index (χ0n) is 24.7. The molecule has 1 aliphatic carbocycles. The number of fused-ring (bicyclic) bond motifs is 3. The molecule has 3 rings (SSSR count). The molecule has 0 aromatic heterocycles. The molecule has 4 nitrogen and oxygen atoms in total. The highest BCUT2D eigenvalue weighted by atomic mass is 16.5. The average molecular weight is 511 g/mol. The molecular weight excluding hydrogens is 460 g/mol. The van der Waals surface area contributed by atoms with Crippen molar-refractivity contribution in [2.45, 2.75) is 83.5 Å². The lowest BCUT2D eigenvalue weighted by Gasteiger charge is -2.35. The van der Waals surface area contributed by atoms with Gasteiger partial charge in [-0.25, -0.2) is 0 Å². The Kier molecular flexibility index (Phi) is 10.4. The van der Waals surface area contributed by atoms with Crippen LogP contribution in [0.3, 0.4) is 0 Å². The van der Waals surface area contributed by atoms with Gasteiger partial charge < -0.3 is 18.9 Å². The molecule has 4 heteroatoms. The van der Waals surface area contributed by atoms with E-state index in [0.717, 1.165) is 25.7 Å². The van der Waals surface area contributed by atoms with Gasteiger partial charge in [0.2, 0.25) is 0 Å². The summed E-state index contributed by atoms with van der Waals surface area (Å²) in [4.78, 5) is 0. The fourth-order valence-electron chi connectivity index (χ4n) is 5.39. The van der Waals surface area contributed by atoms with Crippen molar-refractivity contribution in [1.29, 1.82) is 0 Å². The standard InChI is InChI=1S/C33H50O4/c1-9-31(3,4)25-11-13-27-28-14-12-26(32(5,6)10-2)24-30(28)33(29(27)23-25,15-17-36-21-19-34-7)16-18-37-22-20-35-8/h11-14,23-24H,9-10,15-22H2,1-8H3. The Morgan fingerprint density at radius 3 is 1.35 bits per heavy atom. The molecule has 0 unspecified atom stereocenters. The Morgan fingerprint density at radius 1 is 0.595 bits per heavy atom. The third-order valence-electron chi connectivity index (χ3n) is 8.90. The Bertz CT molecular complexity index is 926. The molecule has 0 saturated carbocycles. The smallest absolute Gasteiger partial charge is 0.0700 e. The lowest BCUT2D eigenvalue weighted by atomic mass is 9.70. The van der Waals surface area contributed by atoms with E-state index in [9.17, 15) is 0 Å². The molecule has 37 heavy (non-hydrogen) atoms. The number of ether oxygens (including phenoxy) is 4. The molecule has 0 aliphatic heterocycles. The highest BCUT2D eigenvalue weighted by molar-refractivity contribution is 5.82. The summed E-state index contributed by atoms with van der Waals surface area (Å²) in [5.74, 6) is 0. The van der Waals surface area contributed by atoms with E-state index < -0.39 is 0 Å². The number of hydrogen-bond acceptors (Lipinski definition) is 4. The van der Waals surface area contributed by atoms with Crippen molar-refractivity contribution >= 4 is 0 Å². The van der Waals surface area contributed by atoms with Crippen LogP contribution in [-0.2, 0) is 35.2 Å². The topological polar surface area (TPSA) is 36.9 Å². The molecule has 0 radical (unpaired) electrons. The first-order valence-electron chi connectivity index (χ1n) is 14.1. The summed E-state index contributed by atoms with van der Waals surface area (Å²) in [6, 6.07) is 14.4. The molecule has 0 saturated heterocycles. The number of benzene rings is 2. The highest BCUT2D eigenvalue weighted by Gasteiger charge is 2.44. The van der Waals surface area contributed by atoms with Crippen LogP contribution in [0.15, 0.2) is 36.4 Å². The molecular formula is C33H50O4. The zero-order chi connectivity index (χ0) is 27.1. The van der Waals surface area contributed by atoms with Gasteiger partial charge in [0.15, 0.2) is 0 Å². The zero-order valence-corrected chi connectivity index (χ0v) is 24.7. The van der Waals surface area contributed by atoms with E-state index >= 15 is 0 Å². The Morgan fingerprint density at radius 2 is 1.00 bits per heavy atom. The second-order valence-electron chi connectivity index (χ2n) is 11.8. The summed E-state index contributed by atoms with van der Waals surface area (Å²) < 4.78 is 22.6. The molecule has 2 aromatic carbocycles. The van der Waals surface area contributed by atoms with Crippen LogP contribution in [0.5, 0.6) is 0 Å². The largest absolute Gasteiger partial charge is 0.382 e. The van der Waals surface area contributed by atoms with Crippen LogP contribution in [0.4, 0.5) is 0 Å². The third-order valence-corrected chi connectivity index (χ3v) is 8.90. The first kappa shape index (κ1) is 29.8.